The molecule has 3 fully saturated rings. The van der Waals surface area contributed by atoms with Crippen LogP contribution in [0.1, 0.15) is 57.4 Å². The number of hydrogen-bond acceptors (Lipinski definition) is 2. The summed E-state index contributed by atoms with van der Waals surface area (Å²) in [6, 6.07) is 0.699. The number of aromatic nitrogens is 2. The predicted octanol–water partition coefficient (Wildman–Crippen LogP) is 3.85. The van der Waals surface area contributed by atoms with Crippen LogP contribution in [0.4, 0.5) is 5.95 Å². The van der Waals surface area contributed by atoms with Crippen LogP contribution < -0.4 is 5.32 Å². The molecule has 3 aliphatic carbocycles. The standard InChI is InChI=1S/C16H25N3/c1-2-4-15(3-1)19-8-7-17-16(19)18-11-14-10-12-5-6-13(14)9-12/h7-8,12-15H,1-6,9-11H2,(H,17,18). The van der Waals surface area contributed by atoms with Crippen molar-refractivity contribution < 1.29 is 0 Å². The fourth-order valence-electron chi connectivity index (χ4n) is 4.78. The maximum absolute atomic E-state index is 4.54. The van der Waals surface area contributed by atoms with Crippen molar-refractivity contribution in [3.8, 4) is 0 Å². The van der Waals surface area contributed by atoms with Crippen LogP contribution in [0.2, 0.25) is 0 Å². The molecule has 3 atom stereocenters. The summed E-state index contributed by atoms with van der Waals surface area (Å²) in [5.41, 5.74) is 0. The second-order valence-corrected chi connectivity index (χ2v) is 6.91. The van der Waals surface area contributed by atoms with E-state index in [0.717, 1.165) is 30.2 Å². The van der Waals surface area contributed by atoms with Crippen molar-refractivity contribution in [3.05, 3.63) is 12.4 Å². The SMILES string of the molecule is c1cn(C2CCCC2)c(NCC2CC3CCC2C3)n1. The Hall–Kier alpha value is -0.990. The van der Waals surface area contributed by atoms with E-state index in [1.807, 2.05) is 6.20 Å². The first-order valence-electron chi connectivity index (χ1n) is 8.17. The molecule has 3 heteroatoms. The van der Waals surface area contributed by atoms with Crippen molar-refractivity contribution in [2.75, 3.05) is 11.9 Å². The smallest absolute Gasteiger partial charge is 0.203 e. The van der Waals surface area contributed by atoms with E-state index in [0.29, 0.717) is 6.04 Å². The molecule has 0 aliphatic heterocycles. The summed E-state index contributed by atoms with van der Waals surface area (Å²) in [7, 11) is 0. The van der Waals surface area contributed by atoms with Gasteiger partial charge in [-0.3, -0.25) is 0 Å². The highest BCUT2D eigenvalue weighted by atomic mass is 15.2. The maximum Gasteiger partial charge on any atom is 0.203 e. The molecule has 1 aromatic heterocycles. The van der Waals surface area contributed by atoms with E-state index >= 15 is 0 Å². The summed E-state index contributed by atoms with van der Waals surface area (Å²) in [5.74, 6) is 4.08. The molecule has 1 heterocycles. The zero-order chi connectivity index (χ0) is 12.7. The molecule has 0 radical (unpaired) electrons. The molecule has 0 amide bonds. The first-order valence-corrected chi connectivity index (χ1v) is 8.17. The average molecular weight is 259 g/mol. The fraction of sp³-hybridized carbons (Fsp3) is 0.812. The maximum atomic E-state index is 4.54. The van der Waals surface area contributed by atoms with Gasteiger partial charge in [0.15, 0.2) is 0 Å². The molecular weight excluding hydrogens is 234 g/mol. The Balaban J connectivity index is 1.39. The van der Waals surface area contributed by atoms with Crippen LogP contribution >= 0.6 is 0 Å². The Morgan fingerprint density at radius 1 is 1.16 bits per heavy atom. The van der Waals surface area contributed by atoms with Gasteiger partial charge >= 0.3 is 0 Å². The van der Waals surface area contributed by atoms with E-state index in [9.17, 15) is 0 Å². The summed E-state index contributed by atoms with van der Waals surface area (Å²) in [4.78, 5) is 4.54. The molecule has 0 saturated heterocycles. The van der Waals surface area contributed by atoms with E-state index in [2.05, 4.69) is 21.1 Å². The minimum absolute atomic E-state index is 0.699. The number of rotatable bonds is 4. The van der Waals surface area contributed by atoms with Crippen LogP contribution in [0, 0.1) is 17.8 Å². The first kappa shape index (κ1) is 11.8. The number of imidazole rings is 1. The molecule has 3 unspecified atom stereocenters. The number of hydrogen-bond donors (Lipinski definition) is 1. The van der Waals surface area contributed by atoms with E-state index in [1.165, 1.54) is 51.4 Å². The van der Waals surface area contributed by atoms with E-state index in [1.54, 1.807) is 0 Å². The van der Waals surface area contributed by atoms with Crippen LogP contribution in [0.25, 0.3) is 0 Å². The van der Waals surface area contributed by atoms with Gasteiger partial charge in [0.1, 0.15) is 0 Å². The van der Waals surface area contributed by atoms with Crippen molar-refractivity contribution in [2.45, 2.75) is 57.4 Å². The zero-order valence-electron chi connectivity index (χ0n) is 11.7. The number of nitrogens with one attached hydrogen (secondary N) is 1. The van der Waals surface area contributed by atoms with Gasteiger partial charge in [-0.1, -0.05) is 19.3 Å². The van der Waals surface area contributed by atoms with Gasteiger partial charge in [0.25, 0.3) is 0 Å². The summed E-state index contributed by atoms with van der Waals surface area (Å²) in [6.45, 7) is 1.14. The Bertz CT molecular complexity index is 433. The highest BCUT2D eigenvalue weighted by molar-refractivity contribution is 5.27. The van der Waals surface area contributed by atoms with Gasteiger partial charge in [-0.2, -0.15) is 0 Å². The van der Waals surface area contributed by atoms with Crippen molar-refractivity contribution in [1.29, 1.82) is 0 Å². The lowest BCUT2D eigenvalue weighted by Crippen LogP contribution is -2.22. The van der Waals surface area contributed by atoms with Gasteiger partial charge in [0.05, 0.1) is 0 Å². The Kier molecular flexibility index (Phi) is 3.01. The molecule has 2 bridgehead atoms. The van der Waals surface area contributed by atoms with Gasteiger partial charge in [0, 0.05) is 25.0 Å². The summed E-state index contributed by atoms with van der Waals surface area (Å²) in [5, 5.41) is 3.65. The number of anilines is 1. The molecule has 104 valence electrons. The minimum Gasteiger partial charge on any atom is -0.355 e. The quantitative estimate of drug-likeness (QED) is 0.890. The Morgan fingerprint density at radius 3 is 2.79 bits per heavy atom. The summed E-state index contributed by atoms with van der Waals surface area (Å²) < 4.78 is 2.39. The third kappa shape index (κ3) is 2.17. The molecule has 3 saturated carbocycles. The van der Waals surface area contributed by atoms with Crippen LogP contribution in [0.5, 0.6) is 0 Å². The predicted molar refractivity (Wildman–Crippen MR) is 77.2 cm³/mol. The minimum atomic E-state index is 0.699. The van der Waals surface area contributed by atoms with Gasteiger partial charge in [0.2, 0.25) is 5.95 Å². The fourth-order valence-corrected chi connectivity index (χ4v) is 4.78. The second-order valence-electron chi connectivity index (χ2n) is 6.91. The molecule has 19 heavy (non-hydrogen) atoms. The zero-order valence-corrected chi connectivity index (χ0v) is 11.7. The van der Waals surface area contributed by atoms with E-state index < -0.39 is 0 Å². The Labute approximate surface area is 115 Å². The van der Waals surface area contributed by atoms with E-state index in [-0.39, 0.29) is 0 Å². The van der Waals surface area contributed by atoms with Crippen LogP contribution in [-0.2, 0) is 0 Å². The van der Waals surface area contributed by atoms with Crippen LogP contribution in [0.3, 0.4) is 0 Å². The van der Waals surface area contributed by atoms with Crippen LogP contribution in [-0.4, -0.2) is 16.1 Å². The Morgan fingerprint density at radius 2 is 2.05 bits per heavy atom. The van der Waals surface area contributed by atoms with Crippen molar-refractivity contribution >= 4 is 5.95 Å². The van der Waals surface area contributed by atoms with Crippen molar-refractivity contribution in [2.24, 2.45) is 17.8 Å². The molecule has 1 N–H and O–H groups in total. The normalized spacial score (nSPS) is 34.2. The number of nitrogens with zero attached hydrogens (tertiary/aromatic N) is 2. The molecule has 3 nitrogen and oxygen atoms in total. The monoisotopic (exact) mass is 259 g/mol. The van der Waals surface area contributed by atoms with Crippen molar-refractivity contribution in [3.63, 3.8) is 0 Å². The van der Waals surface area contributed by atoms with Gasteiger partial charge in [-0.05, 0) is 49.9 Å². The highest BCUT2D eigenvalue weighted by Crippen LogP contribution is 2.48. The van der Waals surface area contributed by atoms with Gasteiger partial charge < -0.3 is 9.88 Å². The molecular formula is C16H25N3. The first-order chi connectivity index (χ1) is 9.40. The molecule has 1 aromatic rings. The average Bonchev–Trinajstić information content (AvgIpc) is 3.18. The lowest BCUT2D eigenvalue weighted by atomic mass is 9.89. The van der Waals surface area contributed by atoms with Gasteiger partial charge in [-0.25, -0.2) is 4.98 Å². The van der Waals surface area contributed by atoms with Crippen molar-refractivity contribution in [1.82, 2.24) is 9.55 Å². The summed E-state index contributed by atoms with van der Waals surface area (Å²) in [6.07, 6.45) is 15.5. The third-order valence-electron chi connectivity index (χ3n) is 5.79. The van der Waals surface area contributed by atoms with Crippen LogP contribution in [0.15, 0.2) is 12.4 Å². The van der Waals surface area contributed by atoms with Gasteiger partial charge in [-0.15, -0.1) is 0 Å². The summed E-state index contributed by atoms with van der Waals surface area (Å²) >= 11 is 0. The lowest BCUT2D eigenvalue weighted by molar-refractivity contribution is 0.347. The topological polar surface area (TPSA) is 29.9 Å². The molecule has 3 aliphatic rings. The second kappa shape index (κ2) is 4.84. The third-order valence-corrected chi connectivity index (χ3v) is 5.79. The number of fused-ring (bicyclic) bond motifs is 2. The lowest BCUT2D eigenvalue weighted by Gasteiger charge is -2.23. The molecule has 0 spiro atoms. The molecule has 4 rings (SSSR count). The largest absolute Gasteiger partial charge is 0.355 e. The highest BCUT2D eigenvalue weighted by Gasteiger charge is 2.39. The molecule has 0 aromatic carbocycles. The van der Waals surface area contributed by atoms with E-state index in [4.69, 9.17) is 0 Å².